The summed E-state index contributed by atoms with van der Waals surface area (Å²) in [4.78, 5) is 0. The molecule has 1 heterocycles. The van der Waals surface area contributed by atoms with E-state index in [9.17, 15) is 0 Å². The fourth-order valence-corrected chi connectivity index (χ4v) is 3.31. The number of aryl methyl sites for hydroxylation is 3. The summed E-state index contributed by atoms with van der Waals surface area (Å²) in [6.07, 6.45) is 0.935. The van der Waals surface area contributed by atoms with Crippen LogP contribution in [0.4, 0.5) is 0 Å². The van der Waals surface area contributed by atoms with Crippen LogP contribution in [0.2, 0.25) is 0 Å². The number of nitrogens with one attached hydrogen (secondary N) is 1. The maximum Gasteiger partial charge on any atom is 0.0505 e. The average molecular weight is 260 g/mol. The molecule has 2 rings (SSSR count). The Morgan fingerprint density at radius 2 is 1.89 bits per heavy atom. The Labute approximate surface area is 113 Å². The van der Waals surface area contributed by atoms with Crippen molar-refractivity contribution in [1.82, 2.24) is 5.43 Å². The molecule has 1 atom stereocenters. The van der Waals surface area contributed by atoms with Gasteiger partial charge in [0.15, 0.2) is 0 Å². The second-order valence-electron chi connectivity index (χ2n) is 4.87. The minimum absolute atomic E-state index is 0.181. The van der Waals surface area contributed by atoms with Crippen molar-refractivity contribution < 1.29 is 0 Å². The van der Waals surface area contributed by atoms with Gasteiger partial charge in [0.1, 0.15) is 0 Å². The van der Waals surface area contributed by atoms with Gasteiger partial charge in [-0.25, -0.2) is 0 Å². The van der Waals surface area contributed by atoms with Crippen LogP contribution < -0.4 is 11.3 Å². The predicted octanol–water partition coefficient (Wildman–Crippen LogP) is 3.42. The zero-order valence-electron chi connectivity index (χ0n) is 11.2. The highest BCUT2D eigenvalue weighted by Gasteiger charge is 2.16. The quantitative estimate of drug-likeness (QED) is 0.653. The molecular weight excluding hydrogens is 240 g/mol. The van der Waals surface area contributed by atoms with E-state index in [1.54, 1.807) is 11.3 Å². The number of nitrogens with two attached hydrogens (primary N) is 1. The molecule has 2 aromatic rings. The van der Waals surface area contributed by atoms with Gasteiger partial charge in [0.25, 0.3) is 0 Å². The normalized spacial score (nSPS) is 12.7. The Kier molecular flexibility index (Phi) is 4.17. The monoisotopic (exact) mass is 260 g/mol. The van der Waals surface area contributed by atoms with Crippen molar-refractivity contribution in [2.24, 2.45) is 5.84 Å². The summed E-state index contributed by atoms with van der Waals surface area (Å²) in [7, 11) is 0. The molecule has 0 aliphatic heterocycles. The number of hydrazine groups is 1. The van der Waals surface area contributed by atoms with E-state index in [0.29, 0.717) is 0 Å². The standard InChI is InChI=1S/C15H20N2S/c1-10-6-11(2)15(12(3)7-10)14(17-16)8-13-4-5-18-9-13/h4-7,9,14,17H,8,16H2,1-3H3. The van der Waals surface area contributed by atoms with Gasteiger partial charge in [-0.2, -0.15) is 11.3 Å². The zero-order valence-corrected chi connectivity index (χ0v) is 12.0. The Balaban J connectivity index is 2.33. The van der Waals surface area contributed by atoms with Gasteiger partial charge in [-0.15, -0.1) is 0 Å². The molecular formula is C15H20N2S. The van der Waals surface area contributed by atoms with Crippen molar-refractivity contribution >= 4 is 11.3 Å². The molecule has 18 heavy (non-hydrogen) atoms. The lowest BCUT2D eigenvalue weighted by molar-refractivity contribution is 0.547. The van der Waals surface area contributed by atoms with Gasteiger partial charge < -0.3 is 0 Å². The van der Waals surface area contributed by atoms with Crippen LogP contribution in [0.25, 0.3) is 0 Å². The molecule has 1 unspecified atom stereocenters. The molecule has 3 heteroatoms. The van der Waals surface area contributed by atoms with Crippen LogP contribution in [0.15, 0.2) is 29.0 Å². The van der Waals surface area contributed by atoms with Crippen molar-refractivity contribution in [2.45, 2.75) is 33.2 Å². The number of rotatable bonds is 4. The lowest BCUT2D eigenvalue weighted by atomic mass is 9.91. The van der Waals surface area contributed by atoms with Crippen LogP contribution in [0.3, 0.4) is 0 Å². The number of benzene rings is 1. The third-order valence-corrected chi connectivity index (χ3v) is 4.04. The minimum Gasteiger partial charge on any atom is -0.271 e. The van der Waals surface area contributed by atoms with Crippen LogP contribution in [-0.4, -0.2) is 0 Å². The molecule has 96 valence electrons. The Bertz CT molecular complexity index is 494. The summed E-state index contributed by atoms with van der Waals surface area (Å²) >= 11 is 1.73. The molecule has 0 fully saturated rings. The third kappa shape index (κ3) is 2.80. The summed E-state index contributed by atoms with van der Waals surface area (Å²) < 4.78 is 0. The predicted molar refractivity (Wildman–Crippen MR) is 78.7 cm³/mol. The lowest BCUT2D eigenvalue weighted by Crippen LogP contribution is -2.30. The first-order valence-corrected chi connectivity index (χ1v) is 7.11. The molecule has 2 nitrogen and oxygen atoms in total. The van der Waals surface area contributed by atoms with Gasteiger partial charge in [-0.1, -0.05) is 17.7 Å². The van der Waals surface area contributed by atoms with Crippen molar-refractivity contribution in [3.63, 3.8) is 0 Å². The van der Waals surface area contributed by atoms with E-state index in [0.717, 1.165) is 6.42 Å². The highest BCUT2D eigenvalue weighted by atomic mass is 32.1. The lowest BCUT2D eigenvalue weighted by Gasteiger charge is -2.21. The van der Waals surface area contributed by atoms with Crippen LogP contribution in [0.1, 0.15) is 33.9 Å². The second kappa shape index (κ2) is 5.65. The maximum absolute atomic E-state index is 5.75. The summed E-state index contributed by atoms with van der Waals surface area (Å²) in [6, 6.07) is 6.79. The molecule has 0 saturated heterocycles. The first-order valence-electron chi connectivity index (χ1n) is 6.16. The number of thiophene rings is 1. The number of hydrogen-bond donors (Lipinski definition) is 2. The maximum atomic E-state index is 5.75. The van der Waals surface area contributed by atoms with E-state index in [-0.39, 0.29) is 6.04 Å². The Morgan fingerprint density at radius 3 is 2.39 bits per heavy atom. The van der Waals surface area contributed by atoms with Gasteiger partial charge in [0.2, 0.25) is 0 Å². The molecule has 0 spiro atoms. The summed E-state index contributed by atoms with van der Waals surface area (Å²) in [5.41, 5.74) is 9.55. The van der Waals surface area contributed by atoms with Crippen molar-refractivity contribution in [1.29, 1.82) is 0 Å². The van der Waals surface area contributed by atoms with Crippen LogP contribution in [-0.2, 0) is 6.42 Å². The Hall–Kier alpha value is -1.16. The molecule has 0 saturated carbocycles. The van der Waals surface area contributed by atoms with E-state index in [1.807, 2.05) is 0 Å². The first-order chi connectivity index (χ1) is 8.61. The zero-order chi connectivity index (χ0) is 13.1. The van der Waals surface area contributed by atoms with Crippen molar-refractivity contribution in [2.75, 3.05) is 0 Å². The largest absolute Gasteiger partial charge is 0.271 e. The van der Waals surface area contributed by atoms with E-state index >= 15 is 0 Å². The molecule has 3 N–H and O–H groups in total. The van der Waals surface area contributed by atoms with Gasteiger partial charge in [-0.05, 0) is 66.3 Å². The van der Waals surface area contributed by atoms with Crippen LogP contribution in [0.5, 0.6) is 0 Å². The SMILES string of the molecule is Cc1cc(C)c(C(Cc2ccsc2)NN)c(C)c1. The molecule has 1 aromatic carbocycles. The van der Waals surface area contributed by atoms with Gasteiger partial charge in [0.05, 0.1) is 6.04 Å². The van der Waals surface area contributed by atoms with Gasteiger partial charge in [-0.3, -0.25) is 11.3 Å². The van der Waals surface area contributed by atoms with Gasteiger partial charge in [0, 0.05) is 0 Å². The summed E-state index contributed by atoms with van der Waals surface area (Å²) in [6.45, 7) is 6.45. The fraction of sp³-hybridized carbons (Fsp3) is 0.333. The molecule has 0 aliphatic rings. The number of hydrogen-bond acceptors (Lipinski definition) is 3. The topological polar surface area (TPSA) is 38.0 Å². The average Bonchev–Trinajstić information content (AvgIpc) is 2.79. The molecule has 0 radical (unpaired) electrons. The van der Waals surface area contributed by atoms with E-state index in [1.165, 1.54) is 27.8 Å². The third-order valence-electron chi connectivity index (χ3n) is 3.31. The highest BCUT2D eigenvalue weighted by molar-refractivity contribution is 7.07. The van der Waals surface area contributed by atoms with E-state index in [4.69, 9.17) is 5.84 Å². The van der Waals surface area contributed by atoms with Crippen molar-refractivity contribution in [3.8, 4) is 0 Å². The Morgan fingerprint density at radius 1 is 1.22 bits per heavy atom. The molecule has 0 bridgehead atoms. The fourth-order valence-electron chi connectivity index (χ4n) is 2.63. The highest BCUT2D eigenvalue weighted by Crippen LogP contribution is 2.26. The van der Waals surface area contributed by atoms with Crippen LogP contribution in [0, 0.1) is 20.8 Å². The molecule has 0 amide bonds. The van der Waals surface area contributed by atoms with Crippen molar-refractivity contribution in [3.05, 3.63) is 56.8 Å². The smallest absolute Gasteiger partial charge is 0.0505 e. The molecule has 0 aliphatic carbocycles. The van der Waals surface area contributed by atoms with E-state index < -0.39 is 0 Å². The van der Waals surface area contributed by atoms with Crippen LogP contribution >= 0.6 is 11.3 Å². The second-order valence-corrected chi connectivity index (χ2v) is 5.65. The minimum atomic E-state index is 0.181. The summed E-state index contributed by atoms with van der Waals surface area (Å²) in [5, 5.41) is 4.29. The first kappa shape index (κ1) is 13.3. The van der Waals surface area contributed by atoms with Gasteiger partial charge >= 0.3 is 0 Å². The van der Waals surface area contributed by atoms with E-state index in [2.05, 4.69) is 55.2 Å². The summed E-state index contributed by atoms with van der Waals surface area (Å²) in [5.74, 6) is 5.75. The molecule has 1 aromatic heterocycles.